The number of nitrogens with zero attached hydrogens (tertiary/aromatic N) is 1. The molecule has 6 heteroatoms. The van der Waals surface area contributed by atoms with Gasteiger partial charge in [-0.15, -0.1) is 0 Å². The Bertz CT molecular complexity index is 735. The Hall–Kier alpha value is -2.89. The summed E-state index contributed by atoms with van der Waals surface area (Å²) >= 11 is 0. The molecule has 0 unspecified atom stereocenters. The molecule has 6 nitrogen and oxygen atoms in total. The molecule has 0 atom stereocenters. The second-order valence-corrected chi connectivity index (χ2v) is 5.44. The quantitative estimate of drug-likeness (QED) is 0.620. The SMILES string of the molecule is CC(=O)c1cc(C(=O)OCC(=O)NCCc2ccccc2)n(C)c1. The highest BCUT2D eigenvalue weighted by atomic mass is 16.5. The number of aromatic nitrogens is 1. The van der Waals surface area contributed by atoms with E-state index in [-0.39, 0.29) is 24.0 Å². The van der Waals surface area contributed by atoms with Crippen molar-refractivity contribution < 1.29 is 19.1 Å². The molecule has 1 aromatic carbocycles. The lowest BCUT2D eigenvalue weighted by molar-refractivity contribution is -0.124. The Morgan fingerprint density at radius 2 is 1.88 bits per heavy atom. The van der Waals surface area contributed by atoms with Crippen LogP contribution >= 0.6 is 0 Å². The van der Waals surface area contributed by atoms with E-state index in [1.807, 2.05) is 30.3 Å². The van der Waals surface area contributed by atoms with Gasteiger partial charge in [-0.1, -0.05) is 30.3 Å². The van der Waals surface area contributed by atoms with Crippen molar-refractivity contribution in [1.82, 2.24) is 9.88 Å². The van der Waals surface area contributed by atoms with Crippen LogP contribution in [0.4, 0.5) is 0 Å². The minimum Gasteiger partial charge on any atom is -0.451 e. The first kappa shape index (κ1) is 17.5. The van der Waals surface area contributed by atoms with Crippen molar-refractivity contribution in [3.63, 3.8) is 0 Å². The smallest absolute Gasteiger partial charge is 0.355 e. The van der Waals surface area contributed by atoms with Crippen LogP contribution in [0.5, 0.6) is 0 Å². The summed E-state index contributed by atoms with van der Waals surface area (Å²) in [6.45, 7) is 1.54. The third kappa shape index (κ3) is 4.81. The zero-order chi connectivity index (χ0) is 17.5. The van der Waals surface area contributed by atoms with Crippen molar-refractivity contribution in [3.8, 4) is 0 Å². The van der Waals surface area contributed by atoms with Gasteiger partial charge in [0.05, 0.1) is 0 Å². The molecule has 0 saturated carbocycles. The van der Waals surface area contributed by atoms with Gasteiger partial charge in [-0.25, -0.2) is 4.79 Å². The molecule has 1 N–H and O–H groups in total. The average molecular weight is 328 g/mol. The molecule has 0 fully saturated rings. The van der Waals surface area contributed by atoms with E-state index in [2.05, 4.69) is 5.32 Å². The number of aryl methyl sites for hydroxylation is 1. The Labute approximate surface area is 140 Å². The summed E-state index contributed by atoms with van der Waals surface area (Å²) < 4.78 is 6.49. The molecule has 126 valence electrons. The molecule has 1 heterocycles. The van der Waals surface area contributed by atoms with E-state index in [1.54, 1.807) is 13.2 Å². The molecule has 0 aliphatic carbocycles. The largest absolute Gasteiger partial charge is 0.451 e. The van der Waals surface area contributed by atoms with Gasteiger partial charge in [-0.2, -0.15) is 0 Å². The molecule has 0 aliphatic rings. The predicted octanol–water partition coefficient (Wildman–Crippen LogP) is 1.74. The lowest BCUT2D eigenvalue weighted by Gasteiger charge is -2.07. The number of hydrogen-bond acceptors (Lipinski definition) is 4. The van der Waals surface area contributed by atoms with Crippen molar-refractivity contribution in [2.75, 3.05) is 13.2 Å². The average Bonchev–Trinajstić information content (AvgIpc) is 2.96. The third-order valence-corrected chi connectivity index (χ3v) is 3.53. The third-order valence-electron chi connectivity index (χ3n) is 3.53. The number of carbonyl (C=O) groups excluding carboxylic acids is 3. The number of carbonyl (C=O) groups is 3. The number of ether oxygens (including phenoxy) is 1. The molecule has 0 saturated heterocycles. The number of benzene rings is 1. The van der Waals surface area contributed by atoms with E-state index in [0.717, 1.165) is 5.56 Å². The molecule has 0 radical (unpaired) electrons. The highest BCUT2D eigenvalue weighted by Crippen LogP contribution is 2.09. The van der Waals surface area contributed by atoms with Crippen LogP contribution in [0.3, 0.4) is 0 Å². The number of hydrogen-bond donors (Lipinski definition) is 1. The maximum atomic E-state index is 12.0. The summed E-state index contributed by atoms with van der Waals surface area (Å²) in [7, 11) is 1.64. The fraction of sp³-hybridized carbons (Fsp3) is 0.278. The fourth-order valence-electron chi connectivity index (χ4n) is 2.21. The van der Waals surface area contributed by atoms with Gasteiger partial charge >= 0.3 is 5.97 Å². The van der Waals surface area contributed by atoms with Crippen LogP contribution in [0.15, 0.2) is 42.6 Å². The van der Waals surface area contributed by atoms with E-state index >= 15 is 0 Å². The Morgan fingerprint density at radius 3 is 2.50 bits per heavy atom. The summed E-state index contributed by atoms with van der Waals surface area (Å²) in [5.74, 6) is -1.13. The van der Waals surface area contributed by atoms with Crippen LogP contribution < -0.4 is 5.32 Å². The van der Waals surface area contributed by atoms with Crippen LogP contribution in [0.2, 0.25) is 0 Å². The van der Waals surface area contributed by atoms with Gasteiger partial charge in [-0.05, 0) is 25.0 Å². The second-order valence-electron chi connectivity index (χ2n) is 5.44. The van der Waals surface area contributed by atoms with Crippen molar-refractivity contribution >= 4 is 17.7 Å². The number of nitrogens with one attached hydrogen (secondary N) is 1. The van der Waals surface area contributed by atoms with Crippen LogP contribution in [0.25, 0.3) is 0 Å². The zero-order valence-corrected chi connectivity index (χ0v) is 13.7. The molecule has 0 aliphatic heterocycles. The van der Waals surface area contributed by atoms with E-state index in [0.29, 0.717) is 18.5 Å². The molecule has 1 amide bonds. The molecule has 2 aromatic rings. The summed E-state index contributed by atoms with van der Waals surface area (Å²) in [6.07, 6.45) is 2.26. The minimum absolute atomic E-state index is 0.136. The second kappa shape index (κ2) is 8.10. The molecule has 0 bridgehead atoms. The number of rotatable bonds is 7. The van der Waals surface area contributed by atoms with Gasteiger partial charge < -0.3 is 14.6 Å². The van der Waals surface area contributed by atoms with E-state index in [4.69, 9.17) is 4.74 Å². The highest BCUT2D eigenvalue weighted by molar-refractivity contribution is 5.98. The Morgan fingerprint density at radius 1 is 1.17 bits per heavy atom. The molecule has 24 heavy (non-hydrogen) atoms. The summed E-state index contributed by atoms with van der Waals surface area (Å²) in [4.78, 5) is 35.0. The van der Waals surface area contributed by atoms with Crippen molar-refractivity contribution in [2.45, 2.75) is 13.3 Å². The number of ketones is 1. The number of esters is 1. The van der Waals surface area contributed by atoms with Crippen LogP contribution in [-0.4, -0.2) is 35.4 Å². The molecule has 2 rings (SSSR count). The van der Waals surface area contributed by atoms with Crippen molar-refractivity contribution in [2.24, 2.45) is 7.05 Å². The maximum absolute atomic E-state index is 12.0. The first-order valence-corrected chi connectivity index (χ1v) is 7.62. The summed E-state index contributed by atoms with van der Waals surface area (Å²) in [5.41, 5.74) is 1.78. The van der Waals surface area contributed by atoms with Crippen LogP contribution in [0.1, 0.15) is 33.3 Å². The van der Waals surface area contributed by atoms with Gasteiger partial charge in [0.1, 0.15) is 5.69 Å². The minimum atomic E-state index is -0.636. The van der Waals surface area contributed by atoms with E-state index in [9.17, 15) is 14.4 Å². The Balaban J connectivity index is 1.77. The normalized spacial score (nSPS) is 10.2. The van der Waals surface area contributed by atoms with E-state index < -0.39 is 5.97 Å². The first-order chi connectivity index (χ1) is 11.5. The lowest BCUT2D eigenvalue weighted by atomic mass is 10.1. The Kier molecular flexibility index (Phi) is 5.89. The van der Waals surface area contributed by atoms with Gasteiger partial charge in [0.2, 0.25) is 0 Å². The first-order valence-electron chi connectivity index (χ1n) is 7.62. The molecular weight excluding hydrogens is 308 g/mol. The number of Topliss-reactive ketones (excluding diaryl/α,β-unsaturated/α-hetero) is 1. The van der Waals surface area contributed by atoms with Crippen molar-refractivity contribution in [3.05, 3.63) is 59.4 Å². The molecular formula is C18H20N2O4. The molecule has 0 spiro atoms. The fourth-order valence-corrected chi connectivity index (χ4v) is 2.21. The number of amides is 1. The monoisotopic (exact) mass is 328 g/mol. The van der Waals surface area contributed by atoms with E-state index in [1.165, 1.54) is 17.6 Å². The summed E-state index contributed by atoms with van der Waals surface area (Å²) in [5, 5.41) is 2.70. The van der Waals surface area contributed by atoms with Crippen molar-refractivity contribution in [1.29, 1.82) is 0 Å². The zero-order valence-electron chi connectivity index (χ0n) is 13.7. The topological polar surface area (TPSA) is 77.4 Å². The van der Waals surface area contributed by atoms with Crippen LogP contribution in [-0.2, 0) is 23.0 Å². The van der Waals surface area contributed by atoms with Gasteiger partial charge in [0.25, 0.3) is 5.91 Å². The van der Waals surface area contributed by atoms with Crippen LogP contribution in [0, 0.1) is 0 Å². The maximum Gasteiger partial charge on any atom is 0.355 e. The standard InChI is InChI=1S/C18H20N2O4/c1-13(21)15-10-16(20(2)11-15)18(23)24-12-17(22)19-9-8-14-6-4-3-5-7-14/h3-7,10-11H,8-9,12H2,1-2H3,(H,19,22). The predicted molar refractivity (Wildman–Crippen MR) is 88.9 cm³/mol. The van der Waals surface area contributed by atoms with Gasteiger partial charge in [0, 0.05) is 25.4 Å². The van der Waals surface area contributed by atoms with Gasteiger partial charge in [-0.3, -0.25) is 9.59 Å². The van der Waals surface area contributed by atoms with Gasteiger partial charge in [0.15, 0.2) is 12.4 Å². The lowest BCUT2D eigenvalue weighted by Crippen LogP contribution is -2.30. The summed E-state index contributed by atoms with van der Waals surface area (Å²) in [6, 6.07) is 11.2. The highest BCUT2D eigenvalue weighted by Gasteiger charge is 2.16. The molecule has 1 aromatic heterocycles.